The summed E-state index contributed by atoms with van der Waals surface area (Å²) >= 11 is 0. The molecular weight excluding hydrogens is 236 g/mol. The predicted octanol–water partition coefficient (Wildman–Crippen LogP) is 0.447. The second kappa shape index (κ2) is 5.74. The van der Waals surface area contributed by atoms with Crippen LogP contribution in [0.2, 0.25) is 0 Å². The van der Waals surface area contributed by atoms with Crippen LogP contribution in [0.15, 0.2) is 12.3 Å². The molecule has 1 aromatic rings. The van der Waals surface area contributed by atoms with Crippen LogP contribution in [-0.4, -0.2) is 47.7 Å². The molecule has 98 valence electrons. The molecule has 0 aliphatic carbocycles. The largest absolute Gasteiger partial charge is 0.383 e. The summed E-state index contributed by atoms with van der Waals surface area (Å²) < 4.78 is 5.26. The van der Waals surface area contributed by atoms with Gasteiger partial charge in [0.15, 0.2) is 0 Å². The summed E-state index contributed by atoms with van der Waals surface area (Å²) in [7, 11) is 0. The van der Waals surface area contributed by atoms with Crippen molar-refractivity contribution in [2.75, 3.05) is 38.6 Å². The Morgan fingerprint density at radius 3 is 2.89 bits per heavy atom. The normalized spacial score (nSPS) is 16.7. The first-order chi connectivity index (χ1) is 8.66. The van der Waals surface area contributed by atoms with Gasteiger partial charge in [-0.3, -0.25) is 15.0 Å². The van der Waals surface area contributed by atoms with Crippen LogP contribution >= 0.6 is 0 Å². The fourth-order valence-corrected chi connectivity index (χ4v) is 1.91. The van der Waals surface area contributed by atoms with Crippen LogP contribution in [-0.2, 0) is 11.2 Å². The van der Waals surface area contributed by atoms with Gasteiger partial charge in [-0.15, -0.1) is 0 Å². The molecule has 0 atom stereocenters. The van der Waals surface area contributed by atoms with Gasteiger partial charge in [0, 0.05) is 31.3 Å². The lowest BCUT2D eigenvalue weighted by Crippen LogP contribution is -2.37. The summed E-state index contributed by atoms with van der Waals surface area (Å²) in [6.45, 7) is 4.08. The van der Waals surface area contributed by atoms with Crippen molar-refractivity contribution in [2.45, 2.75) is 6.42 Å². The molecule has 0 radical (unpaired) electrons. The van der Waals surface area contributed by atoms with Gasteiger partial charge >= 0.3 is 0 Å². The molecular formula is C11H16N4O3. The number of rotatable bonds is 4. The first-order valence-electron chi connectivity index (χ1n) is 5.85. The van der Waals surface area contributed by atoms with Crippen LogP contribution in [0.25, 0.3) is 0 Å². The Balaban J connectivity index is 1.99. The zero-order chi connectivity index (χ0) is 13.0. The Hall–Kier alpha value is -1.73. The third-order valence-corrected chi connectivity index (χ3v) is 3.00. The van der Waals surface area contributed by atoms with Gasteiger partial charge in [-0.2, -0.15) is 0 Å². The molecule has 2 N–H and O–H groups in total. The molecule has 2 heterocycles. The van der Waals surface area contributed by atoms with Crippen LogP contribution < -0.4 is 5.73 Å². The van der Waals surface area contributed by atoms with E-state index in [2.05, 4.69) is 9.88 Å². The van der Waals surface area contributed by atoms with Crippen molar-refractivity contribution in [3.05, 3.63) is 27.9 Å². The van der Waals surface area contributed by atoms with E-state index in [-0.39, 0.29) is 5.69 Å². The number of ether oxygens (including phenoxy) is 1. The molecule has 1 aliphatic rings. The number of hydrogen-bond donors (Lipinski definition) is 1. The molecule has 1 fully saturated rings. The Labute approximate surface area is 105 Å². The monoisotopic (exact) mass is 252 g/mol. The highest BCUT2D eigenvalue weighted by Gasteiger charge is 2.13. The number of morpholine rings is 1. The fraction of sp³-hybridized carbons (Fsp3) is 0.545. The van der Waals surface area contributed by atoms with Crippen molar-refractivity contribution >= 4 is 11.5 Å². The molecule has 18 heavy (non-hydrogen) atoms. The number of nitro groups is 1. The third kappa shape index (κ3) is 3.14. The van der Waals surface area contributed by atoms with E-state index >= 15 is 0 Å². The summed E-state index contributed by atoms with van der Waals surface area (Å²) in [5.41, 5.74) is 6.45. The average molecular weight is 252 g/mol. The molecule has 2 rings (SSSR count). The lowest BCUT2D eigenvalue weighted by molar-refractivity contribution is -0.385. The molecule has 1 aliphatic heterocycles. The van der Waals surface area contributed by atoms with Gasteiger partial charge < -0.3 is 10.5 Å². The van der Waals surface area contributed by atoms with Gasteiger partial charge in [0.2, 0.25) is 0 Å². The van der Waals surface area contributed by atoms with Crippen molar-refractivity contribution < 1.29 is 9.66 Å². The third-order valence-electron chi connectivity index (χ3n) is 3.00. The second-order valence-electron chi connectivity index (χ2n) is 4.20. The highest BCUT2D eigenvalue weighted by atomic mass is 16.6. The molecule has 0 bridgehead atoms. The van der Waals surface area contributed by atoms with E-state index in [4.69, 9.17) is 10.5 Å². The summed E-state index contributed by atoms with van der Waals surface area (Å²) in [6.07, 6.45) is 1.86. The minimum Gasteiger partial charge on any atom is -0.383 e. The number of nitrogen functional groups attached to an aromatic ring is 1. The molecule has 0 amide bonds. The standard InChI is InChI=1S/C11H16N4O3/c12-11-9(7-10(8-13-11)15(16)17)1-2-14-3-5-18-6-4-14/h7-8H,1-6H2,(H2,12,13). The Kier molecular flexibility index (Phi) is 4.06. The number of nitrogens with zero attached hydrogens (tertiary/aromatic N) is 3. The van der Waals surface area contributed by atoms with E-state index in [1.54, 1.807) is 0 Å². The van der Waals surface area contributed by atoms with Crippen LogP contribution in [0.1, 0.15) is 5.56 Å². The number of pyridine rings is 1. The number of anilines is 1. The number of hydrogen-bond acceptors (Lipinski definition) is 6. The SMILES string of the molecule is Nc1ncc([N+](=O)[O-])cc1CCN1CCOCC1. The van der Waals surface area contributed by atoms with Gasteiger partial charge in [-0.05, 0) is 6.42 Å². The topological polar surface area (TPSA) is 94.5 Å². The maximum absolute atomic E-state index is 10.7. The minimum atomic E-state index is -0.454. The van der Waals surface area contributed by atoms with E-state index in [9.17, 15) is 10.1 Å². The van der Waals surface area contributed by atoms with E-state index in [0.29, 0.717) is 12.2 Å². The fourth-order valence-electron chi connectivity index (χ4n) is 1.91. The van der Waals surface area contributed by atoms with Crippen molar-refractivity contribution in [3.8, 4) is 0 Å². The van der Waals surface area contributed by atoms with E-state index in [1.807, 2.05) is 0 Å². The predicted molar refractivity (Wildman–Crippen MR) is 66.3 cm³/mol. The van der Waals surface area contributed by atoms with Gasteiger partial charge in [0.05, 0.1) is 18.1 Å². The van der Waals surface area contributed by atoms with Crippen LogP contribution in [0, 0.1) is 10.1 Å². The van der Waals surface area contributed by atoms with Crippen LogP contribution in [0.3, 0.4) is 0 Å². The van der Waals surface area contributed by atoms with Gasteiger partial charge in [0.1, 0.15) is 12.0 Å². The van der Waals surface area contributed by atoms with Crippen molar-refractivity contribution in [1.82, 2.24) is 9.88 Å². The highest BCUT2D eigenvalue weighted by molar-refractivity contribution is 5.45. The van der Waals surface area contributed by atoms with Gasteiger partial charge in [0.25, 0.3) is 5.69 Å². The van der Waals surface area contributed by atoms with Crippen LogP contribution in [0.4, 0.5) is 11.5 Å². The lowest BCUT2D eigenvalue weighted by atomic mass is 10.1. The molecule has 0 unspecified atom stereocenters. The zero-order valence-electron chi connectivity index (χ0n) is 10.0. The maximum Gasteiger partial charge on any atom is 0.288 e. The van der Waals surface area contributed by atoms with E-state index in [1.165, 1.54) is 12.3 Å². The molecule has 1 saturated heterocycles. The number of aromatic nitrogens is 1. The summed E-state index contributed by atoms with van der Waals surface area (Å²) in [5, 5.41) is 10.7. The molecule has 0 aromatic carbocycles. The molecule has 7 nitrogen and oxygen atoms in total. The Morgan fingerprint density at radius 2 is 2.22 bits per heavy atom. The molecule has 0 spiro atoms. The summed E-state index contributed by atoms with van der Waals surface area (Å²) in [4.78, 5) is 16.3. The summed E-state index contributed by atoms with van der Waals surface area (Å²) in [5.74, 6) is 0.369. The van der Waals surface area contributed by atoms with Crippen molar-refractivity contribution in [1.29, 1.82) is 0 Å². The highest BCUT2D eigenvalue weighted by Crippen LogP contribution is 2.17. The zero-order valence-corrected chi connectivity index (χ0v) is 10.0. The smallest absolute Gasteiger partial charge is 0.288 e. The first kappa shape index (κ1) is 12.7. The molecule has 0 saturated carbocycles. The van der Waals surface area contributed by atoms with Gasteiger partial charge in [-0.25, -0.2) is 4.98 Å². The maximum atomic E-state index is 10.7. The molecule has 7 heteroatoms. The van der Waals surface area contributed by atoms with E-state index < -0.39 is 4.92 Å². The van der Waals surface area contributed by atoms with Gasteiger partial charge in [-0.1, -0.05) is 0 Å². The summed E-state index contributed by atoms with van der Waals surface area (Å²) in [6, 6.07) is 1.50. The Morgan fingerprint density at radius 1 is 1.50 bits per heavy atom. The van der Waals surface area contributed by atoms with Crippen molar-refractivity contribution in [3.63, 3.8) is 0 Å². The quantitative estimate of drug-likeness (QED) is 0.617. The minimum absolute atomic E-state index is 0.0128. The molecule has 1 aromatic heterocycles. The number of nitrogens with two attached hydrogens (primary N) is 1. The second-order valence-corrected chi connectivity index (χ2v) is 4.20. The lowest BCUT2D eigenvalue weighted by Gasteiger charge is -2.26. The average Bonchev–Trinajstić information content (AvgIpc) is 2.38. The van der Waals surface area contributed by atoms with Crippen molar-refractivity contribution in [2.24, 2.45) is 0 Å². The Bertz CT molecular complexity index is 432. The van der Waals surface area contributed by atoms with E-state index in [0.717, 1.165) is 38.4 Å². The van der Waals surface area contributed by atoms with Crippen LogP contribution in [0.5, 0.6) is 0 Å². The first-order valence-corrected chi connectivity index (χ1v) is 5.85.